The molecule has 204 valence electrons. The number of carbonyl (C=O) groups is 2. The van der Waals surface area contributed by atoms with E-state index in [1.165, 1.54) is 24.6 Å². The summed E-state index contributed by atoms with van der Waals surface area (Å²) in [6, 6.07) is 8.46. The molecule has 0 unspecified atom stereocenters. The molecule has 4 aliphatic rings. The van der Waals surface area contributed by atoms with Crippen molar-refractivity contribution >= 4 is 11.8 Å². The number of nitrogens with zero attached hydrogens (tertiary/aromatic N) is 5. The molecule has 0 spiro atoms. The van der Waals surface area contributed by atoms with Crippen molar-refractivity contribution in [2.24, 2.45) is 5.92 Å². The standard InChI is InChI=1S/C30H40FN5O2/c1-4-30(38)33-11-10-29-28(18-33)32-19(2)36(29)26-13-24-8-9-25(14-26)35(24)16-22-15-34(20(3)37)17-27(22)21-6-5-7-23(31)12-21/h5-7,12,22,24-27H,4,8-11,13-18H2,1-3H3/t22-,24+,25+,27-/m1/s1. The maximum atomic E-state index is 14.1. The van der Waals surface area contributed by atoms with E-state index in [-0.39, 0.29) is 23.5 Å². The number of aryl methyl sites for hydroxylation is 1. The van der Waals surface area contributed by atoms with Gasteiger partial charge in [0.15, 0.2) is 0 Å². The van der Waals surface area contributed by atoms with E-state index in [0.29, 0.717) is 43.6 Å². The van der Waals surface area contributed by atoms with Crippen molar-refractivity contribution < 1.29 is 14.0 Å². The second kappa shape index (κ2) is 10.1. The van der Waals surface area contributed by atoms with E-state index < -0.39 is 0 Å². The van der Waals surface area contributed by atoms with Crippen molar-refractivity contribution in [2.45, 2.75) is 89.9 Å². The Kier molecular flexibility index (Phi) is 6.79. The number of rotatable bonds is 5. The first-order valence-corrected chi connectivity index (χ1v) is 14.4. The Morgan fingerprint density at radius 3 is 2.53 bits per heavy atom. The third-order valence-electron chi connectivity index (χ3n) is 9.72. The van der Waals surface area contributed by atoms with E-state index in [0.717, 1.165) is 56.0 Å². The number of fused-ring (bicyclic) bond motifs is 3. The lowest BCUT2D eigenvalue weighted by Crippen LogP contribution is -2.47. The topological polar surface area (TPSA) is 61.7 Å². The molecule has 4 atom stereocenters. The Bertz CT molecular complexity index is 1210. The molecule has 5 heterocycles. The quantitative estimate of drug-likeness (QED) is 0.596. The summed E-state index contributed by atoms with van der Waals surface area (Å²) in [5.41, 5.74) is 3.43. The lowest BCUT2D eigenvalue weighted by atomic mass is 9.87. The summed E-state index contributed by atoms with van der Waals surface area (Å²) in [7, 11) is 0. The first-order valence-electron chi connectivity index (χ1n) is 14.4. The number of piperidine rings is 1. The summed E-state index contributed by atoms with van der Waals surface area (Å²) >= 11 is 0. The number of carbonyl (C=O) groups excluding carboxylic acids is 2. The second-order valence-electron chi connectivity index (χ2n) is 11.9. The van der Waals surface area contributed by atoms with E-state index in [4.69, 9.17) is 4.98 Å². The van der Waals surface area contributed by atoms with Crippen LogP contribution in [0.1, 0.15) is 80.7 Å². The van der Waals surface area contributed by atoms with Gasteiger partial charge in [-0.15, -0.1) is 0 Å². The lowest BCUT2D eigenvalue weighted by molar-refractivity contribution is -0.132. The first-order chi connectivity index (χ1) is 18.3. The number of likely N-dealkylation sites (tertiary alicyclic amines) is 1. The summed E-state index contributed by atoms with van der Waals surface area (Å²) < 4.78 is 16.6. The Morgan fingerprint density at radius 2 is 1.84 bits per heavy atom. The van der Waals surface area contributed by atoms with Crippen LogP contribution in [0.15, 0.2) is 24.3 Å². The van der Waals surface area contributed by atoms with Crippen molar-refractivity contribution in [3.63, 3.8) is 0 Å². The molecular weight excluding hydrogens is 481 g/mol. The molecule has 0 saturated carbocycles. The largest absolute Gasteiger partial charge is 0.342 e. The van der Waals surface area contributed by atoms with E-state index in [1.54, 1.807) is 19.1 Å². The van der Waals surface area contributed by atoms with Gasteiger partial charge < -0.3 is 14.4 Å². The number of halogens is 1. The number of hydrogen-bond acceptors (Lipinski definition) is 4. The van der Waals surface area contributed by atoms with Gasteiger partial charge in [0, 0.05) is 75.7 Å². The van der Waals surface area contributed by atoms with Crippen LogP contribution in [-0.2, 0) is 22.6 Å². The molecule has 0 radical (unpaired) electrons. The Labute approximate surface area is 225 Å². The Hall–Kier alpha value is -2.74. The molecule has 2 bridgehead atoms. The molecule has 1 aromatic heterocycles. The predicted molar refractivity (Wildman–Crippen MR) is 143 cm³/mol. The molecule has 8 heteroatoms. The molecule has 3 saturated heterocycles. The fraction of sp³-hybridized carbons (Fsp3) is 0.633. The highest BCUT2D eigenvalue weighted by Crippen LogP contribution is 2.44. The minimum atomic E-state index is -0.204. The molecule has 2 aromatic rings. The fourth-order valence-electron chi connectivity index (χ4n) is 7.91. The van der Waals surface area contributed by atoms with Crippen LogP contribution in [0.2, 0.25) is 0 Å². The van der Waals surface area contributed by atoms with Crippen LogP contribution < -0.4 is 0 Å². The smallest absolute Gasteiger partial charge is 0.222 e. The monoisotopic (exact) mass is 521 g/mol. The average Bonchev–Trinajstić information content (AvgIpc) is 3.54. The van der Waals surface area contributed by atoms with E-state index in [9.17, 15) is 14.0 Å². The zero-order chi connectivity index (χ0) is 26.6. The zero-order valence-electron chi connectivity index (χ0n) is 22.9. The third-order valence-corrected chi connectivity index (χ3v) is 9.72. The zero-order valence-corrected chi connectivity index (χ0v) is 22.9. The van der Waals surface area contributed by atoms with Gasteiger partial charge in [0.25, 0.3) is 0 Å². The lowest BCUT2D eigenvalue weighted by Gasteiger charge is -2.42. The molecule has 7 nitrogen and oxygen atoms in total. The van der Waals surface area contributed by atoms with Crippen LogP contribution in [0.4, 0.5) is 4.39 Å². The van der Waals surface area contributed by atoms with Gasteiger partial charge in [-0.05, 0) is 56.2 Å². The van der Waals surface area contributed by atoms with Crippen LogP contribution in [0, 0.1) is 18.7 Å². The van der Waals surface area contributed by atoms with Crippen LogP contribution in [0.3, 0.4) is 0 Å². The highest BCUT2D eigenvalue weighted by Gasteiger charge is 2.45. The molecule has 3 fully saturated rings. The highest BCUT2D eigenvalue weighted by atomic mass is 19.1. The van der Waals surface area contributed by atoms with Gasteiger partial charge in [-0.2, -0.15) is 0 Å². The van der Waals surface area contributed by atoms with Gasteiger partial charge in [0.1, 0.15) is 11.6 Å². The molecule has 2 amide bonds. The average molecular weight is 522 g/mol. The van der Waals surface area contributed by atoms with Crippen LogP contribution >= 0.6 is 0 Å². The molecule has 1 aromatic carbocycles. The van der Waals surface area contributed by atoms with Gasteiger partial charge in [-0.1, -0.05) is 19.1 Å². The van der Waals surface area contributed by atoms with Crippen molar-refractivity contribution in [1.82, 2.24) is 24.3 Å². The summed E-state index contributed by atoms with van der Waals surface area (Å²) in [6.45, 7) is 9.49. The van der Waals surface area contributed by atoms with Gasteiger partial charge >= 0.3 is 0 Å². The maximum absolute atomic E-state index is 14.1. The van der Waals surface area contributed by atoms with Gasteiger partial charge in [0.2, 0.25) is 11.8 Å². The summed E-state index contributed by atoms with van der Waals surface area (Å²) in [4.78, 5) is 36.1. The van der Waals surface area contributed by atoms with Crippen molar-refractivity contribution in [3.8, 4) is 0 Å². The fourth-order valence-corrected chi connectivity index (χ4v) is 7.91. The molecule has 6 rings (SSSR count). The predicted octanol–water partition coefficient (Wildman–Crippen LogP) is 4.06. The number of imidazole rings is 1. The number of hydrogen-bond donors (Lipinski definition) is 0. The minimum absolute atomic E-state index is 0.107. The molecule has 0 aliphatic carbocycles. The second-order valence-corrected chi connectivity index (χ2v) is 11.9. The Morgan fingerprint density at radius 1 is 1.08 bits per heavy atom. The third kappa shape index (κ3) is 4.55. The van der Waals surface area contributed by atoms with E-state index in [2.05, 4.69) is 16.4 Å². The number of benzene rings is 1. The highest BCUT2D eigenvalue weighted by molar-refractivity contribution is 5.76. The van der Waals surface area contributed by atoms with Crippen LogP contribution in [0.25, 0.3) is 0 Å². The summed E-state index contributed by atoms with van der Waals surface area (Å²) in [6.07, 6.45) is 6.09. The summed E-state index contributed by atoms with van der Waals surface area (Å²) in [5.74, 6) is 1.67. The van der Waals surface area contributed by atoms with Crippen molar-refractivity contribution in [3.05, 3.63) is 52.9 Å². The Balaban J connectivity index is 1.18. The normalized spacial score (nSPS) is 29.1. The molecule has 0 N–H and O–H groups in total. The number of amides is 2. The molecular formula is C30H40FN5O2. The maximum Gasteiger partial charge on any atom is 0.222 e. The van der Waals surface area contributed by atoms with Gasteiger partial charge in [-0.3, -0.25) is 14.5 Å². The minimum Gasteiger partial charge on any atom is -0.342 e. The first kappa shape index (κ1) is 25.5. The summed E-state index contributed by atoms with van der Waals surface area (Å²) in [5, 5.41) is 0. The van der Waals surface area contributed by atoms with E-state index >= 15 is 0 Å². The van der Waals surface area contributed by atoms with Gasteiger partial charge in [-0.25, -0.2) is 9.37 Å². The molecule has 4 aliphatic heterocycles. The van der Waals surface area contributed by atoms with Crippen LogP contribution in [-0.4, -0.2) is 74.3 Å². The van der Waals surface area contributed by atoms with Crippen LogP contribution in [0.5, 0.6) is 0 Å². The SMILES string of the molecule is CCC(=O)N1CCc2c(nc(C)n2C2C[C@@H]3CC[C@@H](C2)N3C[C@H]2CN(C(C)=O)C[C@@H]2c2cccc(F)c2)C1. The molecule has 38 heavy (non-hydrogen) atoms. The van der Waals surface area contributed by atoms with Gasteiger partial charge in [0.05, 0.1) is 12.2 Å². The van der Waals surface area contributed by atoms with Crippen molar-refractivity contribution in [2.75, 3.05) is 26.2 Å². The van der Waals surface area contributed by atoms with Crippen molar-refractivity contribution in [1.29, 1.82) is 0 Å². The van der Waals surface area contributed by atoms with E-state index in [1.807, 2.05) is 22.8 Å². The number of aromatic nitrogens is 2.